The van der Waals surface area contributed by atoms with Gasteiger partial charge >= 0.3 is 5.97 Å². The Morgan fingerprint density at radius 1 is 0.793 bits per heavy atom. The van der Waals surface area contributed by atoms with Crippen LogP contribution in [0.2, 0.25) is 18.1 Å². The normalized spacial score (nSPS) is 13.5. The van der Waals surface area contributed by atoms with Gasteiger partial charge in [-0.2, -0.15) is 0 Å². The van der Waals surface area contributed by atoms with Crippen LogP contribution in [-0.2, 0) is 14.0 Å². The molecule has 0 amide bonds. The van der Waals surface area contributed by atoms with Gasteiger partial charge in [0.1, 0.15) is 0 Å². The lowest BCUT2D eigenvalue weighted by Crippen LogP contribution is -2.44. The number of esters is 1. The predicted octanol–water partition coefficient (Wildman–Crippen LogP) is 8.42. The zero-order valence-corrected chi connectivity index (χ0v) is 21.9. The summed E-state index contributed by atoms with van der Waals surface area (Å²) >= 11 is 0. The summed E-state index contributed by atoms with van der Waals surface area (Å²) in [7, 11) is -0.216. The highest BCUT2D eigenvalue weighted by Crippen LogP contribution is 2.38. The van der Waals surface area contributed by atoms with Crippen LogP contribution in [0.3, 0.4) is 0 Å². The number of carbonyl (C=O) groups excluding carboxylic acids is 1. The summed E-state index contributed by atoms with van der Waals surface area (Å²) in [5, 5.41) is 0.289. The van der Waals surface area contributed by atoms with Crippen LogP contribution in [0.25, 0.3) is 0 Å². The van der Waals surface area contributed by atoms with E-state index in [1.165, 1.54) is 84.2 Å². The lowest BCUT2D eigenvalue weighted by atomic mass is 10.0. The van der Waals surface area contributed by atoms with Crippen LogP contribution >= 0.6 is 0 Å². The third-order valence-electron chi connectivity index (χ3n) is 6.53. The van der Waals surface area contributed by atoms with Gasteiger partial charge < -0.3 is 9.16 Å². The van der Waals surface area contributed by atoms with Crippen molar-refractivity contribution in [2.75, 3.05) is 7.11 Å². The summed E-state index contributed by atoms with van der Waals surface area (Å²) < 4.78 is 11.5. The molecule has 0 fully saturated rings. The summed E-state index contributed by atoms with van der Waals surface area (Å²) in [5.41, 5.74) is 0. The quantitative estimate of drug-likeness (QED) is 0.125. The smallest absolute Gasteiger partial charge is 0.305 e. The molecule has 0 aromatic rings. The Hall–Kier alpha value is -0.353. The number of hydrogen-bond donors (Lipinski definition) is 0. The van der Waals surface area contributed by atoms with E-state index in [2.05, 4.69) is 45.5 Å². The standard InChI is InChI=1S/C25H52O3Si/c1-8-9-10-14-17-20-23(28-29(6,7)25(2,3)4)21-18-15-12-11-13-16-19-22-24(26)27-5/h23H,8-22H2,1-7H3. The molecule has 0 rings (SSSR count). The number of carbonyl (C=O) groups is 1. The highest BCUT2D eigenvalue weighted by Gasteiger charge is 2.38. The number of rotatable bonds is 18. The molecule has 0 radical (unpaired) electrons. The average molecular weight is 429 g/mol. The van der Waals surface area contributed by atoms with Gasteiger partial charge in [-0.05, 0) is 37.4 Å². The maximum absolute atomic E-state index is 11.1. The van der Waals surface area contributed by atoms with Crippen molar-refractivity contribution in [3.8, 4) is 0 Å². The minimum absolute atomic E-state index is 0.0764. The zero-order valence-electron chi connectivity index (χ0n) is 20.9. The van der Waals surface area contributed by atoms with Crippen molar-refractivity contribution in [1.29, 1.82) is 0 Å². The second-order valence-electron chi connectivity index (χ2n) is 10.3. The minimum atomic E-state index is -1.68. The van der Waals surface area contributed by atoms with Crippen LogP contribution in [0, 0.1) is 0 Å². The van der Waals surface area contributed by atoms with E-state index in [4.69, 9.17) is 4.43 Å². The Labute approximate surface area is 183 Å². The van der Waals surface area contributed by atoms with E-state index in [1.54, 1.807) is 0 Å². The van der Waals surface area contributed by atoms with Crippen molar-refractivity contribution >= 4 is 14.3 Å². The molecule has 1 unspecified atom stereocenters. The molecule has 0 saturated carbocycles. The van der Waals surface area contributed by atoms with Crippen molar-refractivity contribution in [2.45, 2.75) is 148 Å². The Kier molecular flexibility index (Phi) is 16.2. The second-order valence-corrected chi connectivity index (χ2v) is 15.0. The highest BCUT2D eigenvalue weighted by atomic mass is 28.4. The first-order valence-electron chi connectivity index (χ1n) is 12.4. The molecule has 0 aliphatic heterocycles. The lowest BCUT2D eigenvalue weighted by molar-refractivity contribution is -0.140. The van der Waals surface area contributed by atoms with Crippen LogP contribution in [-0.4, -0.2) is 27.5 Å². The maximum atomic E-state index is 11.1. The molecule has 1 atom stereocenters. The molecule has 4 heteroatoms. The minimum Gasteiger partial charge on any atom is -0.469 e. The van der Waals surface area contributed by atoms with E-state index >= 15 is 0 Å². The van der Waals surface area contributed by atoms with Gasteiger partial charge in [-0.1, -0.05) is 98.3 Å². The molecule has 0 heterocycles. The molecule has 0 spiro atoms. The van der Waals surface area contributed by atoms with Gasteiger partial charge in [-0.3, -0.25) is 4.79 Å². The molecule has 0 aromatic carbocycles. The maximum Gasteiger partial charge on any atom is 0.305 e. The van der Waals surface area contributed by atoms with E-state index in [-0.39, 0.29) is 11.0 Å². The molecule has 0 bridgehead atoms. The van der Waals surface area contributed by atoms with E-state index in [0.717, 1.165) is 12.8 Å². The Morgan fingerprint density at radius 3 is 1.69 bits per heavy atom. The third kappa shape index (κ3) is 15.1. The Morgan fingerprint density at radius 2 is 1.24 bits per heavy atom. The van der Waals surface area contributed by atoms with Gasteiger partial charge in [0.25, 0.3) is 0 Å². The topological polar surface area (TPSA) is 35.5 Å². The van der Waals surface area contributed by atoms with E-state index in [1.807, 2.05) is 0 Å². The third-order valence-corrected chi connectivity index (χ3v) is 11.1. The molecule has 0 saturated heterocycles. The first kappa shape index (κ1) is 28.6. The Balaban J connectivity index is 4.12. The fourth-order valence-electron chi connectivity index (χ4n) is 3.46. The van der Waals surface area contributed by atoms with Crippen LogP contribution in [0.15, 0.2) is 0 Å². The van der Waals surface area contributed by atoms with Gasteiger partial charge in [-0.15, -0.1) is 0 Å². The predicted molar refractivity (Wildman–Crippen MR) is 129 cm³/mol. The molecular weight excluding hydrogens is 376 g/mol. The molecule has 3 nitrogen and oxygen atoms in total. The van der Waals surface area contributed by atoms with Crippen molar-refractivity contribution in [1.82, 2.24) is 0 Å². The molecule has 0 aliphatic rings. The van der Waals surface area contributed by atoms with Crippen molar-refractivity contribution in [3.63, 3.8) is 0 Å². The number of ether oxygens (including phenoxy) is 1. The molecule has 0 aromatic heterocycles. The zero-order chi connectivity index (χ0) is 22.2. The molecular formula is C25H52O3Si. The number of unbranched alkanes of at least 4 members (excludes halogenated alkanes) is 10. The fourth-order valence-corrected chi connectivity index (χ4v) is 4.88. The van der Waals surface area contributed by atoms with Crippen molar-refractivity contribution < 1.29 is 14.0 Å². The summed E-state index contributed by atoms with van der Waals surface area (Å²) in [4.78, 5) is 11.1. The molecule has 0 N–H and O–H groups in total. The summed E-state index contributed by atoms with van der Waals surface area (Å²) in [6.07, 6.45) is 18.8. The van der Waals surface area contributed by atoms with Crippen LogP contribution in [0.4, 0.5) is 0 Å². The van der Waals surface area contributed by atoms with Gasteiger partial charge in [0.2, 0.25) is 0 Å². The summed E-state index contributed by atoms with van der Waals surface area (Å²) in [6, 6.07) is 0. The number of hydrogen-bond acceptors (Lipinski definition) is 3. The number of methoxy groups -OCH3 is 1. The Bertz CT molecular complexity index is 401. The SMILES string of the molecule is CCCCCCCC(CCCCCCCCCC(=O)OC)O[Si](C)(C)C(C)(C)C. The van der Waals surface area contributed by atoms with Gasteiger partial charge in [0.05, 0.1) is 7.11 Å². The first-order chi connectivity index (χ1) is 13.6. The van der Waals surface area contributed by atoms with Crippen molar-refractivity contribution in [3.05, 3.63) is 0 Å². The lowest BCUT2D eigenvalue weighted by Gasteiger charge is -2.39. The average Bonchev–Trinajstić information content (AvgIpc) is 2.64. The summed E-state index contributed by atoms with van der Waals surface area (Å²) in [5.74, 6) is -0.0764. The van der Waals surface area contributed by atoms with E-state index < -0.39 is 8.32 Å². The first-order valence-corrected chi connectivity index (χ1v) is 15.3. The monoisotopic (exact) mass is 428 g/mol. The summed E-state index contributed by atoms with van der Waals surface area (Å²) in [6.45, 7) is 14.1. The molecule has 174 valence electrons. The molecule has 0 aliphatic carbocycles. The molecule has 29 heavy (non-hydrogen) atoms. The van der Waals surface area contributed by atoms with E-state index in [9.17, 15) is 4.79 Å². The van der Waals surface area contributed by atoms with E-state index in [0.29, 0.717) is 12.5 Å². The second kappa shape index (κ2) is 16.4. The van der Waals surface area contributed by atoms with Crippen LogP contribution < -0.4 is 0 Å². The highest BCUT2D eigenvalue weighted by molar-refractivity contribution is 6.74. The van der Waals surface area contributed by atoms with Gasteiger partial charge in [0.15, 0.2) is 8.32 Å². The van der Waals surface area contributed by atoms with Crippen molar-refractivity contribution in [2.24, 2.45) is 0 Å². The van der Waals surface area contributed by atoms with Crippen LogP contribution in [0.5, 0.6) is 0 Å². The van der Waals surface area contributed by atoms with Gasteiger partial charge in [-0.25, -0.2) is 0 Å². The fraction of sp³-hybridized carbons (Fsp3) is 0.960. The largest absolute Gasteiger partial charge is 0.469 e. The van der Waals surface area contributed by atoms with Crippen LogP contribution in [0.1, 0.15) is 124 Å². The van der Waals surface area contributed by atoms with Gasteiger partial charge in [0, 0.05) is 12.5 Å².